The van der Waals surface area contributed by atoms with Crippen LogP contribution in [0.3, 0.4) is 0 Å². The van der Waals surface area contributed by atoms with Crippen molar-refractivity contribution in [3.8, 4) is 11.8 Å². The number of nitrogens with zero attached hydrogens (tertiary/aromatic N) is 2. The molecule has 1 aromatic carbocycles. The standard InChI is InChI=1S/C20H24N4O3S/c1-5-24(11-18(25)22-16-8-6-7-9-17(16)27-4)12-19(26)23-20-15(10-21)13(2)14(3)28-20/h6-9H,5,11-12H2,1-4H3,(H,22,25)(H,23,26). The summed E-state index contributed by atoms with van der Waals surface area (Å²) in [6, 6.07) is 9.28. The van der Waals surface area contributed by atoms with E-state index in [-0.39, 0.29) is 24.9 Å². The van der Waals surface area contributed by atoms with E-state index < -0.39 is 0 Å². The number of likely N-dealkylation sites (N-methyl/N-ethyl adjacent to an activating group) is 1. The molecule has 1 aromatic heterocycles. The van der Waals surface area contributed by atoms with Crippen molar-refractivity contribution in [2.75, 3.05) is 37.4 Å². The highest BCUT2D eigenvalue weighted by Gasteiger charge is 2.18. The molecule has 2 aromatic rings. The Hall–Kier alpha value is -2.89. The van der Waals surface area contributed by atoms with Gasteiger partial charge in [0.25, 0.3) is 0 Å². The molecule has 0 radical (unpaired) electrons. The number of hydrogen-bond acceptors (Lipinski definition) is 6. The minimum atomic E-state index is -0.260. The highest BCUT2D eigenvalue weighted by atomic mass is 32.1. The normalized spacial score (nSPS) is 10.4. The Balaban J connectivity index is 1.96. The highest BCUT2D eigenvalue weighted by molar-refractivity contribution is 7.16. The number of thiophene rings is 1. The molecule has 0 spiro atoms. The number of aryl methyl sites for hydroxylation is 1. The van der Waals surface area contributed by atoms with Gasteiger partial charge < -0.3 is 15.4 Å². The lowest BCUT2D eigenvalue weighted by Gasteiger charge is -2.19. The molecule has 0 fully saturated rings. The Morgan fingerprint density at radius 2 is 1.82 bits per heavy atom. The SMILES string of the molecule is CCN(CC(=O)Nc1ccccc1OC)CC(=O)Nc1sc(C)c(C)c1C#N. The van der Waals surface area contributed by atoms with Crippen LogP contribution in [0, 0.1) is 25.2 Å². The van der Waals surface area contributed by atoms with E-state index >= 15 is 0 Å². The zero-order valence-electron chi connectivity index (χ0n) is 16.5. The van der Waals surface area contributed by atoms with Crippen molar-refractivity contribution in [1.82, 2.24) is 4.90 Å². The van der Waals surface area contributed by atoms with Crippen LogP contribution in [0.2, 0.25) is 0 Å². The molecule has 0 bridgehead atoms. The fourth-order valence-corrected chi connectivity index (χ4v) is 3.67. The van der Waals surface area contributed by atoms with Crippen molar-refractivity contribution in [3.63, 3.8) is 0 Å². The molecule has 0 aliphatic heterocycles. The number of benzene rings is 1. The van der Waals surface area contributed by atoms with E-state index in [1.54, 1.807) is 23.1 Å². The van der Waals surface area contributed by atoms with Gasteiger partial charge in [0.1, 0.15) is 16.8 Å². The first-order valence-electron chi connectivity index (χ1n) is 8.84. The Morgan fingerprint density at radius 3 is 2.43 bits per heavy atom. The third-order valence-corrected chi connectivity index (χ3v) is 5.44. The molecule has 28 heavy (non-hydrogen) atoms. The van der Waals surface area contributed by atoms with Crippen LogP contribution in [-0.2, 0) is 9.59 Å². The maximum absolute atomic E-state index is 12.4. The number of para-hydroxylation sites is 2. The first kappa shape index (κ1) is 21.4. The lowest BCUT2D eigenvalue weighted by molar-refractivity contribution is -0.119. The summed E-state index contributed by atoms with van der Waals surface area (Å²) in [6.07, 6.45) is 0. The highest BCUT2D eigenvalue weighted by Crippen LogP contribution is 2.31. The van der Waals surface area contributed by atoms with E-state index in [0.717, 1.165) is 10.4 Å². The average Bonchev–Trinajstić information content (AvgIpc) is 2.94. The summed E-state index contributed by atoms with van der Waals surface area (Å²) < 4.78 is 5.22. The van der Waals surface area contributed by atoms with Gasteiger partial charge in [0.05, 0.1) is 31.5 Å². The second-order valence-electron chi connectivity index (χ2n) is 6.20. The number of methoxy groups -OCH3 is 1. The lowest BCUT2D eigenvalue weighted by Crippen LogP contribution is -2.38. The molecule has 0 unspecified atom stereocenters. The van der Waals surface area contributed by atoms with Crippen LogP contribution in [-0.4, -0.2) is 43.5 Å². The molecule has 7 nitrogen and oxygen atoms in total. The number of carbonyl (C=O) groups excluding carboxylic acids is 2. The zero-order chi connectivity index (χ0) is 20.7. The summed E-state index contributed by atoms with van der Waals surface area (Å²) in [7, 11) is 1.54. The van der Waals surface area contributed by atoms with Gasteiger partial charge in [-0.05, 0) is 38.1 Å². The first-order chi connectivity index (χ1) is 13.4. The van der Waals surface area contributed by atoms with Crippen LogP contribution >= 0.6 is 11.3 Å². The Labute approximate surface area is 168 Å². The predicted molar refractivity (Wildman–Crippen MR) is 111 cm³/mol. The fourth-order valence-electron chi connectivity index (χ4n) is 2.64. The van der Waals surface area contributed by atoms with Gasteiger partial charge in [-0.1, -0.05) is 19.1 Å². The van der Waals surface area contributed by atoms with Crippen LogP contribution in [0.15, 0.2) is 24.3 Å². The number of nitrogens with one attached hydrogen (secondary N) is 2. The first-order valence-corrected chi connectivity index (χ1v) is 9.66. The van der Waals surface area contributed by atoms with Gasteiger partial charge in [-0.3, -0.25) is 14.5 Å². The Kier molecular flexibility index (Phi) is 7.55. The molecule has 2 amide bonds. The average molecular weight is 401 g/mol. The summed E-state index contributed by atoms with van der Waals surface area (Å²) in [5.74, 6) is 0.0773. The van der Waals surface area contributed by atoms with Gasteiger partial charge in [0, 0.05) is 4.88 Å². The van der Waals surface area contributed by atoms with Crippen LogP contribution < -0.4 is 15.4 Å². The number of hydrogen-bond donors (Lipinski definition) is 2. The van der Waals surface area contributed by atoms with E-state index in [4.69, 9.17) is 4.74 Å². The third-order valence-electron chi connectivity index (χ3n) is 4.31. The van der Waals surface area contributed by atoms with Gasteiger partial charge in [0.2, 0.25) is 11.8 Å². The number of ether oxygens (including phenoxy) is 1. The summed E-state index contributed by atoms with van der Waals surface area (Å²) in [5.41, 5.74) is 1.96. The van der Waals surface area contributed by atoms with Crippen LogP contribution in [0.1, 0.15) is 22.9 Å². The molecule has 148 valence electrons. The van der Waals surface area contributed by atoms with E-state index in [1.165, 1.54) is 18.4 Å². The molecule has 0 aliphatic rings. The topological polar surface area (TPSA) is 94.5 Å². The molecule has 0 atom stereocenters. The lowest BCUT2D eigenvalue weighted by atomic mass is 10.2. The minimum absolute atomic E-state index is 0.0523. The van der Waals surface area contributed by atoms with Crippen LogP contribution in [0.5, 0.6) is 5.75 Å². The number of nitriles is 1. The Morgan fingerprint density at radius 1 is 1.18 bits per heavy atom. The molecule has 2 rings (SSSR count). The summed E-state index contributed by atoms with van der Waals surface area (Å²) in [6.45, 7) is 6.30. The molecule has 0 aliphatic carbocycles. The number of carbonyl (C=O) groups is 2. The van der Waals surface area contributed by atoms with Gasteiger partial charge in [-0.15, -0.1) is 11.3 Å². The summed E-state index contributed by atoms with van der Waals surface area (Å²) in [4.78, 5) is 27.5. The number of amides is 2. The molecule has 8 heteroatoms. The van der Waals surface area contributed by atoms with Crippen molar-refractivity contribution in [2.45, 2.75) is 20.8 Å². The predicted octanol–water partition coefficient (Wildman–Crippen LogP) is 3.14. The molecule has 0 saturated heterocycles. The minimum Gasteiger partial charge on any atom is -0.495 e. The van der Waals surface area contributed by atoms with E-state index in [1.807, 2.05) is 26.8 Å². The van der Waals surface area contributed by atoms with Crippen molar-refractivity contribution >= 4 is 33.8 Å². The quantitative estimate of drug-likeness (QED) is 0.710. The van der Waals surface area contributed by atoms with Crippen LogP contribution in [0.25, 0.3) is 0 Å². The molecule has 0 saturated carbocycles. The largest absolute Gasteiger partial charge is 0.495 e. The maximum Gasteiger partial charge on any atom is 0.239 e. The van der Waals surface area contributed by atoms with E-state index in [0.29, 0.717) is 28.5 Å². The van der Waals surface area contributed by atoms with Crippen molar-refractivity contribution in [3.05, 3.63) is 40.3 Å². The smallest absolute Gasteiger partial charge is 0.239 e. The van der Waals surface area contributed by atoms with Crippen molar-refractivity contribution in [2.24, 2.45) is 0 Å². The zero-order valence-corrected chi connectivity index (χ0v) is 17.3. The molecular formula is C20H24N4O3S. The van der Waals surface area contributed by atoms with E-state index in [9.17, 15) is 14.9 Å². The molecular weight excluding hydrogens is 376 g/mol. The second-order valence-corrected chi connectivity index (χ2v) is 7.42. The Bertz CT molecular complexity index is 901. The monoisotopic (exact) mass is 400 g/mol. The van der Waals surface area contributed by atoms with Crippen LogP contribution in [0.4, 0.5) is 10.7 Å². The van der Waals surface area contributed by atoms with Crippen molar-refractivity contribution in [1.29, 1.82) is 5.26 Å². The maximum atomic E-state index is 12.4. The van der Waals surface area contributed by atoms with Gasteiger partial charge in [0.15, 0.2) is 0 Å². The molecule has 2 N–H and O–H groups in total. The van der Waals surface area contributed by atoms with Crippen molar-refractivity contribution < 1.29 is 14.3 Å². The molecule has 1 heterocycles. The number of rotatable bonds is 8. The second kappa shape index (κ2) is 9.88. The van der Waals surface area contributed by atoms with E-state index in [2.05, 4.69) is 16.7 Å². The summed E-state index contributed by atoms with van der Waals surface area (Å²) in [5, 5.41) is 15.4. The number of anilines is 2. The fraction of sp³-hybridized carbons (Fsp3) is 0.350. The third kappa shape index (κ3) is 5.31. The summed E-state index contributed by atoms with van der Waals surface area (Å²) >= 11 is 1.38. The van der Waals surface area contributed by atoms with Gasteiger partial charge >= 0.3 is 0 Å². The van der Waals surface area contributed by atoms with Gasteiger partial charge in [-0.2, -0.15) is 5.26 Å². The van der Waals surface area contributed by atoms with Gasteiger partial charge in [-0.25, -0.2) is 0 Å².